The van der Waals surface area contributed by atoms with Crippen molar-refractivity contribution in [2.24, 2.45) is 22.4 Å². The Hall–Kier alpha value is -3.60. The molecular weight excluding hydrogens is 467 g/mol. The van der Waals surface area contributed by atoms with E-state index in [0.29, 0.717) is 17.2 Å². The van der Waals surface area contributed by atoms with Gasteiger partial charge in [-0.15, -0.1) is 4.99 Å². The van der Waals surface area contributed by atoms with Crippen molar-refractivity contribution in [2.75, 3.05) is 13.1 Å². The SMILES string of the molecule is NC(N)=NC(=O)OCc1cccc(-c2cnc(C3CCN(C4CCC(C(=O)O)CC4)CC3)nc2)c1F. The Bertz CT molecular complexity index is 1110. The number of ether oxygens (including phenoxy) is 1. The van der Waals surface area contributed by atoms with Crippen LogP contribution in [0.2, 0.25) is 0 Å². The van der Waals surface area contributed by atoms with Crippen LogP contribution in [0.25, 0.3) is 11.1 Å². The minimum absolute atomic E-state index is 0.181. The van der Waals surface area contributed by atoms with Gasteiger partial charge < -0.3 is 26.2 Å². The number of carbonyl (C=O) groups excluding carboxylic acids is 1. The molecule has 1 aromatic heterocycles. The Balaban J connectivity index is 1.34. The lowest BCUT2D eigenvalue weighted by atomic mass is 9.84. The highest BCUT2D eigenvalue weighted by Gasteiger charge is 2.32. The predicted molar refractivity (Wildman–Crippen MR) is 130 cm³/mol. The molecule has 0 spiro atoms. The van der Waals surface area contributed by atoms with Gasteiger partial charge in [-0.1, -0.05) is 18.2 Å². The highest BCUT2D eigenvalue weighted by atomic mass is 19.1. The molecule has 0 atom stereocenters. The molecule has 2 fully saturated rings. The van der Waals surface area contributed by atoms with Crippen molar-refractivity contribution >= 4 is 18.0 Å². The van der Waals surface area contributed by atoms with Crippen LogP contribution in [0.3, 0.4) is 0 Å². The number of nitrogens with two attached hydrogens (primary N) is 2. The molecule has 0 radical (unpaired) electrons. The van der Waals surface area contributed by atoms with E-state index >= 15 is 4.39 Å². The van der Waals surface area contributed by atoms with Gasteiger partial charge in [0.05, 0.1) is 5.92 Å². The number of carboxylic acids is 1. The minimum Gasteiger partial charge on any atom is -0.481 e. The zero-order valence-electron chi connectivity index (χ0n) is 20.0. The first-order chi connectivity index (χ1) is 17.3. The number of hydrogen-bond donors (Lipinski definition) is 3. The van der Waals surface area contributed by atoms with E-state index in [9.17, 15) is 14.7 Å². The number of carbonyl (C=O) groups is 2. The topological polar surface area (TPSA) is 157 Å². The molecule has 1 aromatic carbocycles. The summed E-state index contributed by atoms with van der Waals surface area (Å²) in [5.41, 5.74) is 11.3. The number of aliphatic imine (C=N–C) groups is 1. The van der Waals surface area contributed by atoms with Gasteiger partial charge in [-0.3, -0.25) is 4.79 Å². The Morgan fingerprint density at radius 1 is 1.08 bits per heavy atom. The van der Waals surface area contributed by atoms with Crippen molar-refractivity contribution in [1.29, 1.82) is 0 Å². The van der Waals surface area contributed by atoms with Gasteiger partial charge in [0.2, 0.25) is 0 Å². The monoisotopic (exact) mass is 498 g/mol. The Kier molecular flexibility index (Phi) is 8.09. The maximum atomic E-state index is 15.0. The van der Waals surface area contributed by atoms with Crippen LogP contribution in [-0.2, 0) is 16.1 Å². The van der Waals surface area contributed by atoms with Crippen molar-refractivity contribution in [2.45, 2.75) is 57.1 Å². The maximum Gasteiger partial charge on any atom is 0.437 e. The van der Waals surface area contributed by atoms with Crippen molar-refractivity contribution in [3.8, 4) is 11.1 Å². The van der Waals surface area contributed by atoms with Gasteiger partial charge >= 0.3 is 12.1 Å². The molecule has 1 aliphatic heterocycles. The molecule has 192 valence electrons. The number of likely N-dealkylation sites (tertiary alicyclic amines) is 1. The second-order valence-corrected chi connectivity index (χ2v) is 9.35. The van der Waals surface area contributed by atoms with E-state index in [2.05, 4.69) is 19.9 Å². The predicted octanol–water partition coefficient (Wildman–Crippen LogP) is 3.02. The summed E-state index contributed by atoms with van der Waals surface area (Å²) in [6.07, 6.45) is 7.49. The summed E-state index contributed by atoms with van der Waals surface area (Å²) in [5, 5.41) is 9.21. The van der Waals surface area contributed by atoms with Gasteiger partial charge in [-0.05, 0) is 51.6 Å². The molecule has 1 aliphatic carbocycles. The van der Waals surface area contributed by atoms with E-state index in [1.165, 1.54) is 6.07 Å². The molecule has 2 heterocycles. The second kappa shape index (κ2) is 11.4. The first kappa shape index (κ1) is 25.5. The van der Waals surface area contributed by atoms with E-state index in [-0.39, 0.29) is 24.0 Å². The van der Waals surface area contributed by atoms with Gasteiger partial charge in [-0.2, -0.15) is 0 Å². The molecule has 11 heteroatoms. The summed E-state index contributed by atoms with van der Waals surface area (Å²) >= 11 is 0. The molecule has 10 nitrogen and oxygen atoms in total. The molecule has 0 bridgehead atoms. The number of amides is 1. The Morgan fingerprint density at radius 3 is 2.36 bits per heavy atom. The zero-order valence-corrected chi connectivity index (χ0v) is 20.0. The van der Waals surface area contributed by atoms with Crippen LogP contribution in [0.1, 0.15) is 55.8 Å². The minimum atomic E-state index is -0.994. The van der Waals surface area contributed by atoms with Gasteiger partial charge in [-0.25, -0.2) is 19.2 Å². The number of hydrogen-bond acceptors (Lipinski definition) is 6. The third-order valence-corrected chi connectivity index (χ3v) is 7.09. The van der Waals surface area contributed by atoms with Crippen LogP contribution in [0.5, 0.6) is 0 Å². The molecule has 4 rings (SSSR count). The standard InChI is InChI=1S/C25H31FN6O4/c26-21-17(14-36-25(35)31-24(27)28)2-1-3-20(21)18-12-29-22(30-13-18)15-8-10-32(11-9-15)19-6-4-16(5-7-19)23(33)34/h1-3,12-13,15-16,19H,4-11,14H2,(H,33,34)(H4,27,28,31,35). The highest BCUT2D eigenvalue weighted by Crippen LogP contribution is 2.33. The normalized spacial score (nSPS) is 21.0. The zero-order chi connectivity index (χ0) is 25.7. The van der Waals surface area contributed by atoms with E-state index in [0.717, 1.165) is 57.4 Å². The van der Waals surface area contributed by atoms with E-state index < -0.39 is 23.8 Å². The van der Waals surface area contributed by atoms with Crippen LogP contribution in [0, 0.1) is 11.7 Å². The number of halogens is 1. The molecule has 1 saturated carbocycles. The lowest BCUT2D eigenvalue weighted by Gasteiger charge is -2.40. The fraction of sp³-hybridized carbons (Fsp3) is 0.480. The third kappa shape index (κ3) is 6.14. The summed E-state index contributed by atoms with van der Waals surface area (Å²) in [7, 11) is 0. The Morgan fingerprint density at radius 2 is 1.75 bits per heavy atom. The van der Waals surface area contributed by atoms with Gasteiger partial charge in [0.15, 0.2) is 5.96 Å². The van der Waals surface area contributed by atoms with Gasteiger partial charge in [0.25, 0.3) is 0 Å². The fourth-order valence-electron chi connectivity index (χ4n) is 5.09. The molecule has 1 amide bonds. The van der Waals surface area contributed by atoms with Crippen molar-refractivity contribution < 1.29 is 23.8 Å². The fourth-order valence-corrected chi connectivity index (χ4v) is 5.09. The van der Waals surface area contributed by atoms with E-state index in [4.69, 9.17) is 16.2 Å². The summed E-state index contributed by atoms with van der Waals surface area (Å²) in [5.74, 6) is -0.855. The molecule has 5 N–H and O–H groups in total. The number of rotatable bonds is 6. The molecule has 2 aliphatic rings. The van der Waals surface area contributed by atoms with Crippen molar-refractivity contribution in [3.05, 3.63) is 47.8 Å². The van der Waals surface area contributed by atoms with Gasteiger partial charge in [0.1, 0.15) is 18.2 Å². The smallest absolute Gasteiger partial charge is 0.437 e. The van der Waals surface area contributed by atoms with Crippen LogP contribution in [0.4, 0.5) is 9.18 Å². The van der Waals surface area contributed by atoms with Gasteiger partial charge in [0, 0.05) is 41.0 Å². The molecular formula is C25H31FN6O4. The van der Waals surface area contributed by atoms with Crippen molar-refractivity contribution in [1.82, 2.24) is 14.9 Å². The molecule has 36 heavy (non-hydrogen) atoms. The summed E-state index contributed by atoms with van der Waals surface area (Å²) in [4.78, 5) is 37.5. The van der Waals surface area contributed by atoms with Crippen molar-refractivity contribution in [3.63, 3.8) is 0 Å². The van der Waals surface area contributed by atoms with E-state index in [1.54, 1.807) is 24.5 Å². The third-order valence-electron chi connectivity index (χ3n) is 7.09. The highest BCUT2D eigenvalue weighted by molar-refractivity contribution is 5.87. The molecule has 0 unspecified atom stereocenters. The van der Waals surface area contributed by atoms with Crippen LogP contribution in [0.15, 0.2) is 35.6 Å². The van der Waals surface area contributed by atoms with Crippen LogP contribution in [-0.4, -0.2) is 57.1 Å². The number of nitrogens with zero attached hydrogens (tertiary/aromatic N) is 4. The number of carboxylic acid groups (broad SMARTS) is 1. The average molecular weight is 499 g/mol. The summed E-state index contributed by atoms with van der Waals surface area (Å²) in [6.45, 7) is 1.56. The number of aliphatic carboxylic acids is 1. The number of aromatic nitrogens is 2. The molecule has 2 aromatic rings. The lowest BCUT2D eigenvalue weighted by Crippen LogP contribution is -2.43. The quantitative estimate of drug-likeness (QED) is 0.402. The first-order valence-corrected chi connectivity index (χ1v) is 12.1. The Labute approximate surface area is 208 Å². The number of piperidine rings is 1. The maximum absolute atomic E-state index is 15.0. The summed E-state index contributed by atoms with van der Waals surface area (Å²) < 4.78 is 19.9. The van der Waals surface area contributed by atoms with Crippen LogP contribution >= 0.6 is 0 Å². The first-order valence-electron chi connectivity index (χ1n) is 12.1. The molecule has 1 saturated heterocycles. The number of guanidine groups is 1. The van der Waals surface area contributed by atoms with E-state index in [1.807, 2.05) is 0 Å². The lowest BCUT2D eigenvalue weighted by molar-refractivity contribution is -0.143. The van der Waals surface area contributed by atoms with Crippen LogP contribution < -0.4 is 11.5 Å². The average Bonchev–Trinajstić information content (AvgIpc) is 2.88. The second-order valence-electron chi connectivity index (χ2n) is 9.35. The number of benzene rings is 1. The summed E-state index contributed by atoms with van der Waals surface area (Å²) in [6, 6.07) is 5.25. The largest absolute Gasteiger partial charge is 0.481 e.